The van der Waals surface area contributed by atoms with Gasteiger partial charge in [-0.25, -0.2) is 4.79 Å². The minimum Gasteiger partial charge on any atom is -0.489 e. The number of carbonyl (C=O) groups excluding carboxylic acids is 3. The van der Waals surface area contributed by atoms with Crippen LogP contribution in [-0.2, 0) is 57.5 Å². The zero-order valence-electron chi connectivity index (χ0n) is 42.0. The second-order valence-corrected chi connectivity index (χ2v) is 20.9. The monoisotopic (exact) mass is 1020 g/mol. The molecule has 0 saturated heterocycles. The summed E-state index contributed by atoms with van der Waals surface area (Å²) in [5.74, 6) is 0.0916. The van der Waals surface area contributed by atoms with E-state index < -0.39 is 47.0 Å². The number of benzene rings is 2. The number of nitrogens with one attached hydrogen (secondary N) is 1. The highest BCUT2D eigenvalue weighted by atomic mass is 19.4. The number of fused-ring (bicyclic) bond motifs is 2. The first-order chi connectivity index (χ1) is 33.9. The number of aromatic nitrogens is 4. The zero-order valence-corrected chi connectivity index (χ0v) is 42.0. The Morgan fingerprint density at radius 3 is 1.71 bits per heavy atom. The first-order valence-electron chi connectivity index (χ1n) is 25.0. The minimum atomic E-state index is -4.60. The second-order valence-electron chi connectivity index (χ2n) is 20.9. The highest BCUT2D eigenvalue weighted by Crippen LogP contribution is 2.38. The van der Waals surface area contributed by atoms with E-state index in [4.69, 9.17) is 18.9 Å². The average Bonchev–Trinajstić information content (AvgIpc) is 4.14. The van der Waals surface area contributed by atoms with Gasteiger partial charge in [0.15, 0.2) is 11.4 Å². The van der Waals surface area contributed by atoms with Crippen LogP contribution in [0.15, 0.2) is 48.8 Å². The van der Waals surface area contributed by atoms with Gasteiger partial charge in [-0.3, -0.25) is 23.9 Å². The van der Waals surface area contributed by atoms with Gasteiger partial charge < -0.3 is 29.2 Å². The summed E-state index contributed by atoms with van der Waals surface area (Å²) >= 11 is 0. The highest BCUT2D eigenvalue weighted by molar-refractivity contribution is 5.98. The number of hydrogen-bond acceptors (Lipinski definition) is 10. The van der Waals surface area contributed by atoms with Gasteiger partial charge in [0.2, 0.25) is 5.91 Å². The van der Waals surface area contributed by atoms with Gasteiger partial charge in [0.1, 0.15) is 42.5 Å². The van der Waals surface area contributed by atoms with Crippen molar-refractivity contribution in [2.45, 2.75) is 174 Å². The van der Waals surface area contributed by atoms with Crippen molar-refractivity contribution >= 4 is 29.3 Å². The third-order valence-corrected chi connectivity index (χ3v) is 12.9. The van der Waals surface area contributed by atoms with Crippen molar-refractivity contribution in [1.82, 2.24) is 24.5 Å². The van der Waals surface area contributed by atoms with E-state index in [0.717, 1.165) is 94.0 Å². The van der Waals surface area contributed by atoms with Crippen LogP contribution in [0.3, 0.4) is 0 Å². The summed E-state index contributed by atoms with van der Waals surface area (Å²) in [4.78, 5) is 41.4. The van der Waals surface area contributed by atoms with E-state index in [1.165, 1.54) is 26.7 Å². The molecular weight excluding hydrogens is 949 g/mol. The number of esters is 1. The summed E-state index contributed by atoms with van der Waals surface area (Å²) < 4.78 is 107. The van der Waals surface area contributed by atoms with Crippen LogP contribution in [0.1, 0.15) is 158 Å². The maximum Gasteiger partial charge on any atom is 0.435 e. The zero-order chi connectivity index (χ0) is 52.0. The molecule has 2 saturated carbocycles. The lowest BCUT2D eigenvalue weighted by atomic mass is 9.96. The molecule has 2 amide bonds. The fraction of sp³-hybridized carbons (Fsp3) is 0.596. The van der Waals surface area contributed by atoms with Gasteiger partial charge in [-0.2, -0.15) is 36.5 Å². The van der Waals surface area contributed by atoms with Crippen molar-refractivity contribution in [2.24, 2.45) is 0 Å². The van der Waals surface area contributed by atoms with Crippen molar-refractivity contribution in [3.05, 3.63) is 82.4 Å². The molecule has 72 heavy (non-hydrogen) atoms. The van der Waals surface area contributed by atoms with E-state index >= 15 is 0 Å². The van der Waals surface area contributed by atoms with E-state index in [-0.39, 0.29) is 61.8 Å². The summed E-state index contributed by atoms with van der Waals surface area (Å²) in [6.45, 7) is 10.8. The summed E-state index contributed by atoms with van der Waals surface area (Å²) in [5, 5.41) is 11.0. The quantitative estimate of drug-likeness (QED) is 0.102. The second kappa shape index (κ2) is 22.4. The van der Waals surface area contributed by atoms with E-state index in [0.29, 0.717) is 30.2 Å². The fourth-order valence-corrected chi connectivity index (χ4v) is 9.46. The predicted molar refractivity (Wildman–Crippen MR) is 257 cm³/mol. The number of ether oxygens (including phenoxy) is 4. The van der Waals surface area contributed by atoms with Crippen LogP contribution >= 0.6 is 0 Å². The van der Waals surface area contributed by atoms with Gasteiger partial charge >= 0.3 is 24.4 Å². The lowest BCUT2D eigenvalue weighted by Crippen LogP contribution is -2.45. The minimum absolute atomic E-state index is 0.0241. The Kier molecular flexibility index (Phi) is 16.8. The van der Waals surface area contributed by atoms with Crippen LogP contribution in [0.5, 0.6) is 11.5 Å². The molecule has 394 valence electrons. The predicted octanol–water partition coefficient (Wildman–Crippen LogP) is 11.8. The summed E-state index contributed by atoms with van der Waals surface area (Å²) in [5.41, 5.74) is 0.426. The Bertz CT molecular complexity index is 2510. The molecule has 0 atom stereocenters. The first kappa shape index (κ1) is 53.8. The van der Waals surface area contributed by atoms with Gasteiger partial charge in [-0.1, -0.05) is 38.5 Å². The van der Waals surface area contributed by atoms with Crippen molar-refractivity contribution < 1.29 is 59.7 Å². The number of rotatable bonds is 13. The third-order valence-electron chi connectivity index (χ3n) is 12.9. The normalized spacial score (nSPS) is 16.5. The molecule has 20 heteroatoms. The number of nitrogens with zero attached hydrogens (tertiary/aromatic N) is 6. The molecule has 0 spiro atoms. The average molecular weight is 1020 g/mol. The number of halogens is 6. The molecule has 0 unspecified atom stereocenters. The van der Waals surface area contributed by atoms with Crippen LogP contribution in [0, 0.1) is 0 Å². The van der Waals surface area contributed by atoms with E-state index in [9.17, 15) is 40.7 Å². The lowest BCUT2D eigenvalue weighted by Gasteiger charge is -2.29. The SMILES string of the molecule is CC(C)(C)OC(=O)CCN(CC(=O)N1CCc2cc(OCc3cn(C4CCCCC4)nc3C(F)(F)F)ccc21)C(=O)OC(C)(C)C.FC(F)(F)c1nn(C2CCCCC2)cc1COc1ccc2c(c1)CCN2. The molecule has 2 fully saturated rings. The number of amides is 2. The Balaban J connectivity index is 0.000000245. The van der Waals surface area contributed by atoms with Crippen molar-refractivity contribution in [2.75, 3.05) is 36.4 Å². The molecule has 4 aromatic rings. The smallest absolute Gasteiger partial charge is 0.435 e. The molecule has 2 aliphatic carbocycles. The molecule has 2 aliphatic heterocycles. The van der Waals surface area contributed by atoms with E-state index in [2.05, 4.69) is 15.5 Å². The molecule has 8 rings (SSSR count). The third kappa shape index (κ3) is 14.6. The van der Waals surface area contributed by atoms with Gasteiger partial charge in [-0.15, -0.1) is 0 Å². The van der Waals surface area contributed by atoms with E-state index in [1.807, 2.05) is 12.1 Å². The molecule has 4 heterocycles. The number of hydrogen-bond donors (Lipinski definition) is 1. The summed E-state index contributed by atoms with van der Waals surface area (Å²) in [6.07, 6.45) is 4.09. The van der Waals surface area contributed by atoms with Crippen LogP contribution < -0.4 is 19.7 Å². The summed E-state index contributed by atoms with van der Waals surface area (Å²) in [6, 6.07) is 10.6. The molecule has 2 aromatic carbocycles. The van der Waals surface area contributed by atoms with Gasteiger partial charge in [0.05, 0.1) is 18.5 Å². The Morgan fingerprint density at radius 2 is 1.19 bits per heavy atom. The fourth-order valence-electron chi connectivity index (χ4n) is 9.46. The van der Waals surface area contributed by atoms with Crippen LogP contribution in [-0.4, -0.2) is 79.8 Å². The maximum absolute atomic E-state index is 13.8. The molecule has 4 aliphatic rings. The van der Waals surface area contributed by atoms with Crippen molar-refractivity contribution in [3.63, 3.8) is 0 Å². The van der Waals surface area contributed by atoms with E-state index in [1.54, 1.807) is 70.7 Å². The van der Waals surface area contributed by atoms with Crippen LogP contribution in [0.2, 0.25) is 0 Å². The molecule has 0 radical (unpaired) electrons. The topological polar surface area (TPSA) is 142 Å². The van der Waals surface area contributed by atoms with Gasteiger partial charge in [0.25, 0.3) is 0 Å². The van der Waals surface area contributed by atoms with Gasteiger partial charge in [-0.05, 0) is 128 Å². The Hall–Kier alpha value is -5.95. The molecular formula is C52H67F6N7O7. The molecule has 1 N–H and O–H groups in total. The Labute approximate surface area is 416 Å². The van der Waals surface area contributed by atoms with Crippen LogP contribution in [0.25, 0.3) is 0 Å². The van der Waals surface area contributed by atoms with Crippen molar-refractivity contribution in [1.29, 1.82) is 0 Å². The molecule has 0 bridgehead atoms. The van der Waals surface area contributed by atoms with Crippen LogP contribution in [0.4, 0.5) is 42.5 Å². The number of anilines is 2. The maximum atomic E-state index is 13.8. The number of alkyl halides is 6. The highest BCUT2D eigenvalue weighted by Gasteiger charge is 2.40. The first-order valence-corrected chi connectivity index (χ1v) is 25.0. The lowest BCUT2D eigenvalue weighted by molar-refractivity contribution is -0.155. The standard InChI is InChI=1S/C33H45F3N4O6.C19H22F3N3O/c1-31(2,3)45-28(42)15-16-38(30(43)46-32(4,5)6)20-27(41)39-17-14-22-18-25(12-13-26(22)39)44-21-23-19-40(24-10-8-7-9-11-24)37-29(23)33(34,35)36;20-19(21,22)18-14(11-25(24-18)15-4-2-1-3-5-15)12-26-16-6-7-17-13(10-16)8-9-23-17/h12-13,18-19,24H,7-11,14-17,20-21H2,1-6H3;6-7,10-11,15,23H,1-5,8-9,12H2. The largest absolute Gasteiger partial charge is 0.489 e. The Morgan fingerprint density at radius 1 is 0.681 bits per heavy atom. The molecule has 14 nitrogen and oxygen atoms in total. The van der Waals surface area contributed by atoms with Gasteiger partial charge in [0, 0.05) is 54.5 Å². The summed E-state index contributed by atoms with van der Waals surface area (Å²) in [7, 11) is 0. The number of carbonyl (C=O) groups is 3. The molecule has 2 aromatic heterocycles. The van der Waals surface area contributed by atoms with Crippen molar-refractivity contribution in [3.8, 4) is 11.5 Å².